The number of benzene rings is 1. The molecule has 3 heterocycles. The molecule has 1 aliphatic rings. The zero-order valence-corrected chi connectivity index (χ0v) is 17.1. The molecule has 0 aliphatic carbocycles. The Hall–Kier alpha value is -1.49. The topological polar surface area (TPSA) is 27.8 Å². The van der Waals surface area contributed by atoms with Crippen molar-refractivity contribution in [1.29, 1.82) is 0 Å². The molecule has 4 rings (SSSR count). The smallest absolute Gasteiger partial charge is 0.0459 e. The molecular weight excluding hydrogens is 356 g/mol. The first-order chi connectivity index (χ1) is 12.7. The van der Waals surface area contributed by atoms with E-state index in [0.717, 1.165) is 18.7 Å². The van der Waals surface area contributed by atoms with Gasteiger partial charge in [0.15, 0.2) is 0 Å². The number of thioether (sulfide) groups is 1. The van der Waals surface area contributed by atoms with Crippen LogP contribution in [0.15, 0.2) is 41.9 Å². The van der Waals surface area contributed by atoms with Gasteiger partial charge in [0.2, 0.25) is 0 Å². The summed E-state index contributed by atoms with van der Waals surface area (Å²) < 4.78 is 0. The van der Waals surface area contributed by atoms with Gasteiger partial charge in [0.1, 0.15) is 0 Å². The summed E-state index contributed by atoms with van der Waals surface area (Å²) in [6.45, 7) is 5.38. The van der Waals surface area contributed by atoms with E-state index in [4.69, 9.17) is 0 Å². The van der Waals surface area contributed by atoms with Crippen molar-refractivity contribution < 1.29 is 0 Å². The first-order valence-corrected chi connectivity index (χ1v) is 11.4. The van der Waals surface area contributed by atoms with Crippen LogP contribution in [0.3, 0.4) is 0 Å². The summed E-state index contributed by atoms with van der Waals surface area (Å²) in [4.78, 5) is 4.87. The molecule has 1 unspecified atom stereocenters. The molecule has 2 N–H and O–H groups in total. The lowest BCUT2D eigenvalue weighted by molar-refractivity contribution is 0.525. The minimum atomic E-state index is 0.609. The van der Waals surface area contributed by atoms with Crippen molar-refractivity contribution in [1.82, 2.24) is 10.3 Å². The van der Waals surface area contributed by atoms with Crippen LogP contribution in [0.1, 0.15) is 34.4 Å². The van der Waals surface area contributed by atoms with E-state index in [0.29, 0.717) is 6.04 Å². The van der Waals surface area contributed by atoms with Crippen LogP contribution in [-0.4, -0.2) is 23.3 Å². The van der Waals surface area contributed by atoms with E-state index in [1.807, 2.05) is 11.3 Å². The molecule has 0 spiro atoms. The summed E-state index contributed by atoms with van der Waals surface area (Å²) in [5.41, 5.74) is 6.96. The Morgan fingerprint density at radius 2 is 2.12 bits per heavy atom. The largest absolute Gasteiger partial charge is 0.361 e. The minimum absolute atomic E-state index is 0.609. The number of aromatic nitrogens is 1. The van der Waals surface area contributed by atoms with E-state index in [-0.39, 0.29) is 0 Å². The molecule has 1 atom stereocenters. The van der Waals surface area contributed by atoms with Crippen LogP contribution >= 0.6 is 23.1 Å². The standard InChI is InChI=1S/C22H26N2S2/c1-15-10-20-18(13-24-21(20)11-16(15)2)14-25-9-6-19-12-17(5-7-23-19)22-4-3-8-26-22/h3-5,8,10-11,13,19,23-24H,6-7,9,12,14H2,1-2H3. The fourth-order valence-corrected chi connectivity index (χ4v) is 5.44. The van der Waals surface area contributed by atoms with Crippen LogP contribution in [0.2, 0.25) is 0 Å². The molecule has 136 valence electrons. The summed E-state index contributed by atoms with van der Waals surface area (Å²) >= 11 is 3.91. The van der Waals surface area contributed by atoms with Crippen molar-refractivity contribution in [2.24, 2.45) is 0 Å². The van der Waals surface area contributed by atoms with Gasteiger partial charge in [-0.25, -0.2) is 0 Å². The number of H-pyrrole nitrogens is 1. The average Bonchev–Trinajstić information content (AvgIpc) is 3.30. The van der Waals surface area contributed by atoms with E-state index < -0.39 is 0 Å². The number of nitrogens with one attached hydrogen (secondary N) is 2. The molecule has 2 aromatic heterocycles. The first kappa shape index (κ1) is 17.9. The fourth-order valence-electron chi connectivity index (χ4n) is 3.61. The molecule has 1 aromatic carbocycles. The first-order valence-electron chi connectivity index (χ1n) is 9.32. The number of rotatable bonds is 6. The van der Waals surface area contributed by atoms with E-state index in [9.17, 15) is 0 Å². The third-order valence-electron chi connectivity index (χ3n) is 5.31. The van der Waals surface area contributed by atoms with Crippen LogP contribution in [0.5, 0.6) is 0 Å². The number of thiophene rings is 1. The summed E-state index contributed by atoms with van der Waals surface area (Å²) in [6.07, 6.45) is 6.93. The predicted octanol–water partition coefficient (Wildman–Crippen LogP) is 5.92. The van der Waals surface area contributed by atoms with Gasteiger partial charge in [-0.05, 0) is 78.3 Å². The van der Waals surface area contributed by atoms with E-state index in [1.165, 1.54) is 50.2 Å². The van der Waals surface area contributed by atoms with Crippen LogP contribution in [0.25, 0.3) is 16.5 Å². The van der Waals surface area contributed by atoms with Crippen molar-refractivity contribution in [2.75, 3.05) is 12.3 Å². The molecular formula is C22H26N2S2. The molecule has 3 aromatic rings. The Kier molecular flexibility index (Phi) is 5.53. The SMILES string of the molecule is Cc1cc2[nH]cc(CSCCC3CC(c4cccs4)=CCN3)c2cc1C. The Labute approximate surface area is 164 Å². The third kappa shape index (κ3) is 3.93. The average molecular weight is 383 g/mol. The van der Waals surface area contributed by atoms with E-state index >= 15 is 0 Å². The fraction of sp³-hybridized carbons (Fsp3) is 0.364. The Bertz CT molecular complexity index is 906. The molecule has 26 heavy (non-hydrogen) atoms. The lowest BCUT2D eigenvalue weighted by Gasteiger charge is -2.23. The molecule has 1 aliphatic heterocycles. The van der Waals surface area contributed by atoms with Gasteiger partial charge in [0.25, 0.3) is 0 Å². The highest BCUT2D eigenvalue weighted by Gasteiger charge is 2.16. The maximum Gasteiger partial charge on any atom is 0.0459 e. The van der Waals surface area contributed by atoms with Gasteiger partial charge in [-0.1, -0.05) is 12.1 Å². The van der Waals surface area contributed by atoms with Crippen LogP contribution in [0.4, 0.5) is 0 Å². The summed E-state index contributed by atoms with van der Waals surface area (Å²) in [5.74, 6) is 2.29. The lowest BCUT2D eigenvalue weighted by atomic mass is 9.99. The molecule has 0 bridgehead atoms. The number of hydrogen-bond acceptors (Lipinski definition) is 3. The maximum atomic E-state index is 3.66. The normalized spacial score (nSPS) is 17.6. The third-order valence-corrected chi connectivity index (χ3v) is 7.29. The highest BCUT2D eigenvalue weighted by Crippen LogP contribution is 2.29. The number of aromatic amines is 1. The van der Waals surface area contributed by atoms with Gasteiger partial charge < -0.3 is 10.3 Å². The van der Waals surface area contributed by atoms with Gasteiger partial charge >= 0.3 is 0 Å². The summed E-state index contributed by atoms with van der Waals surface area (Å²) in [5, 5.41) is 7.22. The second kappa shape index (κ2) is 8.03. The monoisotopic (exact) mass is 382 g/mol. The van der Waals surface area contributed by atoms with Crippen molar-refractivity contribution in [3.63, 3.8) is 0 Å². The van der Waals surface area contributed by atoms with Crippen LogP contribution < -0.4 is 5.32 Å². The quantitative estimate of drug-likeness (QED) is 0.518. The molecule has 0 saturated carbocycles. The predicted molar refractivity (Wildman–Crippen MR) is 117 cm³/mol. The number of hydrogen-bond donors (Lipinski definition) is 2. The highest BCUT2D eigenvalue weighted by molar-refractivity contribution is 7.98. The molecule has 2 nitrogen and oxygen atoms in total. The molecule has 4 heteroatoms. The Balaban J connectivity index is 1.29. The maximum absolute atomic E-state index is 3.66. The van der Waals surface area contributed by atoms with Gasteiger partial charge in [-0.15, -0.1) is 11.3 Å². The summed E-state index contributed by atoms with van der Waals surface area (Å²) in [7, 11) is 0. The molecule has 0 amide bonds. The van der Waals surface area contributed by atoms with Crippen LogP contribution in [0, 0.1) is 13.8 Å². The number of fused-ring (bicyclic) bond motifs is 1. The summed E-state index contributed by atoms with van der Waals surface area (Å²) in [6, 6.07) is 9.60. The van der Waals surface area contributed by atoms with Crippen molar-refractivity contribution in [3.05, 3.63) is 63.5 Å². The second-order valence-electron chi connectivity index (χ2n) is 7.15. The number of aryl methyl sites for hydroxylation is 2. The van der Waals surface area contributed by atoms with Gasteiger partial charge in [-0.2, -0.15) is 11.8 Å². The molecule has 0 saturated heterocycles. The molecule has 0 fully saturated rings. The van der Waals surface area contributed by atoms with Gasteiger partial charge in [-0.3, -0.25) is 0 Å². The highest BCUT2D eigenvalue weighted by atomic mass is 32.2. The lowest BCUT2D eigenvalue weighted by Crippen LogP contribution is -2.33. The Morgan fingerprint density at radius 3 is 2.96 bits per heavy atom. The second-order valence-corrected chi connectivity index (χ2v) is 9.21. The molecule has 0 radical (unpaired) electrons. The van der Waals surface area contributed by atoms with E-state index in [1.54, 1.807) is 0 Å². The Morgan fingerprint density at radius 1 is 1.23 bits per heavy atom. The minimum Gasteiger partial charge on any atom is -0.361 e. The van der Waals surface area contributed by atoms with Gasteiger partial charge in [0, 0.05) is 40.3 Å². The van der Waals surface area contributed by atoms with Crippen molar-refractivity contribution >= 4 is 39.6 Å². The van der Waals surface area contributed by atoms with Crippen LogP contribution in [-0.2, 0) is 5.75 Å². The zero-order valence-electron chi connectivity index (χ0n) is 15.5. The van der Waals surface area contributed by atoms with Crippen molar-refractivity contribution in [2.45, 2.75) is 38.5 Å². The van der Waals surface area contributed by atoms with Crippen molar-refractivity contribution in [3.8, 4) is 0 Å². The van der Waals surface area contributed by atoms with E-state index in [2.05, 4.69) is 77.8 Å². The van der Waals surface area contributed by atoms with Gasteiger partial charge in [0.05, 0.1) is 0 Å². The zero-order chi connectivity index (χ0) is 17.9.